The van der Waals surface area contributed by atoms with E-state index in [0.29, 0.717) is 45.3 Å². The molecular weight excluding hydrogens is 652 g/mol. The van der Waals surface area contributed by atoms with Crippen molar-refractivity contribution in [3.63, 3.8) is 0 Å². The first-order valence-corrected chi connectivity index (χ1v) is 15.8. The van der Waals surface area contributed by atoms with Gasteiger partial charge in [0.05, 0.1) is 23.6 Å². The normalized spacial score (nSPS) is 27.8. The van der Waals surface area contributed by atoms with E-state index in [1.54, 1.807) is 49.4 Å². The summed E-state index contributed by atoms with van der Waals surface area (Å²) in [7, 11) is 2.91. The molecule has 0 spiro atoms. The molecule has 7 N–H and O–H groups in total. The zero-order chi connectivity index (χ0) is 35.5. The second-order valence-corrected chi connectivity index (χ2v) is 13.3. The van der Waals surface area contributed by atoms with Crippen molar-refractivity contribution < 1.29 is 58.9 Å². The van der Waals surface area contributed by atoms with E-state index in [9.17, 15) is 39.9 Å². The van der Waals surface area contributed by atoms with Crippen LogP contribution in [0.15, 0.2) is 59.4 Å². The molecular formula is C36H32N2O12. The Balaban J connectivity index is 1.43. The molecule has 0 bridgehead atoms. The topological polar surface area (TPSA) is 219 Å². The zero-order valence-corrected chi connectivity index (χ0v) is 27.0. The maximum absolute atomic E-state index is 14.6. The number of Topliss-reactive ketones (excluding diaryl/α,β-unsaturated/α-hetero) is 2. The molecule has 0 unspecified atom stereocenters. The highest BCUT2D eigenvalue weighted by molar-refractivity contribution is 6.24. The van der Waals surface area contributed by atoms with Crippen LogP contribution in [0, 0.1) is 11.8 Å². The minimum atomic E-state index is -3.04. The SMILES string of the molecule is C[C@H]1c2c(-c3ccc4c(c3)OCO4)cc(-c3cccc4c3OCO4)c(O)c2C(O)=C2C(=O)[C@]3(O)C(O)=C(C(N)=O)C(=O)[C@@H](N(C)C)[C@@H]3[C@@H](O)[C@@H]21. The number of carbonyl (C=O) groups is 3. The van der Waals surface area contributed by atoms with Crippen LogP contribution in [0.25, 0.3) is 28.0 Å². The fourth-order valence-corrected chi connectivity index (χ4v) is 8.42. The van der Waals surface area contributed by atoms with E-state index < -0.39 is 81.4 Å². The first kappa shape index (κ1) is 31.7. The van der Waals surface area contributed by atoms with Gasteiger partial charge < -0.3 is 50.2 Å². The van der Waals surface area contributed by atoms with Gasteiger partial charge in [0.2, 0.25) is 19.4 Å². The third kappa shape index (κ3) is 3.97. The lowest BCUT2D eigenvalue weighted by Gasteiger charge is -2.54. The molecule has 1 saturated carbocycles. The van der Waals surface area contributed by atoms with Gasteiger partial charge in [-0.2, -0.15) is 0 Å². The number of ketones is 2. The largest absolute Gasteiger partial charge is 0.508 e. The number of ether oxygens (including phenoxy) is 4. The molecule has 1 fully saturated rings. The monoisotopic (exact) mass is 684 g/mol. The second kappa shape index (κ2) is 10.7. The van der Waals surface area contributed by atoms with Gasteiger partial charge in [-0.05, 0) is 61.0 Å². The summed E-state index contributed by atoms with van der Waals surface area (Å²) in [5.41, 5.74) is 2.78. The lowest BCUT2D eigenvalue weighted by atomic mass is 9.54. The molecule has 50 heavy (non-hydrogen) atoms. The molecule has 14 heteroatoms. The number of aliphatic hydroxyl groups is 4. The van der Waals surface area contributed by atoms with E-state index in [0.717, 1.165) is 0 Å². The first-order valence-electron chi connectivity index (χ1n) is 15.8. The van der Waals surface area contributed by atoms with Gasteiger partial charge in [-0.3, -0.25) is 19.3 Å². The number of aromatic hydroxyl groups is 1. The highest BCUT2D eigenvalue weighted by atomic mass is 16.7. The Bertz CT molecular complexity index is 2140. The van der Waals surface area contributed by atoms with Crippen molar-refractivity contribution in [1.29, 1.82) is 0 Å². The Morgan fingerprint density at radius 3 is 2.34 bits per heavy atom. The molecule has 0 aromatic heterocycles. The number of carbonyl (C=O) groups excluding carboxylic acids is 3. The van der Waals surface area contributed by atoms with Gasteiger partial charge in [-0.1, -0.05) is 25.1 Å². The molecule has 1 amide bonds. The fraction of sp³-hybridized carbons (Fsp3) is 0.306. The predicted octanol–water partition coefficient (Wildman–Crippen LogP) is 2.29. The quantitative estimate of drug-likeness (QED) is 0.218. The molecule has 2 aliphatic heterocycles. The number of primary amides is 1. The number of benzene rings is 3. The van der Waals surface area contributed by atoms with Gasteiger partial charge in [-0.15, -0.1) is 0 Å². The van der Waals surface area contributed by atoms with Gasteiger partial charge in [0.1, 0.15) is 22.8 Å². The van der Waals surface area contributed by atoms with Gasteiger partial charge >= 0.3 is 0 Å². The van der Waals surface area contributed by atoms with Crippen LogP contribution in [0.1, 0.15) is 24.0 Å². The van der Waals surface area contributed by atoms with E-state index in [-0.39, 0.29) is 24.7 Å². The molecule has 3 aromatic carbocycles. The molecule has 3 aliphatic carbocycles. The van der Waals surface area contributed by atoms with Crippen molar-refractivity contribution in [2.75, 3.05) is 27.7 Å². The minimum absolute atomic E-state index is 0.0136. The summed E-state index contributed by atoms with van der Waals surface area (Å²) in [6, 6.07) is 10.5. The highest BCUT2D eigenvalue weighted by Crippen LogP contribution is 2.59. The number of nitrogens with zero attached hydrogens (tertiary/aromatic N) is 1. The number of aliphatic hydroxyl groups excluding tert-OH is 3. The molecule has 0 saturated heterocycles. The number of hydrogen-bond donors (Lipinski definition) is 6. The van der Waals surface area contributed by atoms with E-state index in [4.69, 9.17) is 24.7 Å². The molecule has 258 valence electrons. The second-order valence-electron chi connectivity index (χ2n) is 13.3. The Kier molecular flexibility index (Phi) is 6.79. The molecule has 3 aromatic rings. The van der Waals surface area contributed by atoms with E-state index in [1.807, 2.05) is 0 Å². The van der Waals surface area contributed by atoms with Crippen LogP contribution in [0.3, 0.4) is 0 Å². The van der Waals surface area contributed by atoms with E-state index in [2.05, 4.69) is 0 Å². The third-order valence-electron chi connectivity index (χ3n) is 10.6. The summed E-state index contributed by atoms with van der Waals surface area (Å²) >= 11 is 0. The standard InChI is InChI=1S/C36H32N2O12/c1-13-21-16(14-7-8-18-20(9-14)49-11-47-18)10-17(15-5-4-6-19-32(15)50-12-48-19)28(39)23(21)29(40)24-22(13)30(41)26-27(38(2)3)31(42)25(35(37)45)34(44)36(26,46)33(24)43/h4-10,13,22,26-27,30,39-41,44,46H,11-12H2,1-3H3,(H2,37,45)/t13-,22+,26+,27-,30-,36-/m0/s1. The number of phenolic OH excluding ortho intramolecular Hbond substituents is 1. The Hall–Kier alpha value is -5.57. The van der Waals surface area contributed by atoms with E-state index >= 15 is 0 Å². The minimum Gasteiger partial charge on any atom is -0.508 e. The number of para-hydroxylation sites is 1. The summed E-state index contributed by atoms with van der Waals surface area (Å²) in [5.74, 6) is -8.20. The number of amides is 1. The van der Waals surface area contributed by atoms with Gasteiger partial charge in [0, 0.05) is 22.6 Å². The van der Waals surface area contributed by atoms with Gasteiger partial charge in [0.25, 0.3) is 5.91 Å². The van der Waals surface area contributed by atoms with E-state index in [1.165, 1.54) is 19.0 Å². The van der Waals surface area contributed by atoms with Crippen molar-refractivity contribution in [3.8, 4) is 51.0 Å². The lowest BCUT2D eigenvalue weighted by molar-refractivity contribution is -0.169. The van der Waals surface area contributed by atoms with Crippen molar-refractivity contribution in [2.45, 2.75) is 30.6 Å². The van der Waals surface area contributed by atoms with Crippen LogP contribution in [-0.4, -0.2) is 93.3 Å². The average molecular weight is 685 g/mol. The average Bonchev–Trinajstić information content (AvgIpc) is 3.76. The smallest absolute Gasteiger partial charge is 0.255 e. The summed E-state index contributed by atoms with van der Waals surface area (Å²) < 4.78 is 22.5. The van der Waals surface area contributed by atoms with Gasteiger partial charge in [-0.25, -0.2) is 0 Å². The van der Waals surface area contributed by atoms with Gasteiger partial charge in [0.15, 0.2) is 34.4 Å². The molecule has 5 aliphatic rings. The lowest BCUT2D eigenvalue weighted by Crippen LogP contribution is -2.70. The molecule has 0 radical (unpaired) electrons. The van der Waals surface area contributed by atoms with Crippen LogP contribution in [0.4, 0.5) is 0 Å². The third-order valence-corrected chi connectivity index (χ3v) is 10.6. The number of rotatable bonds is 4. The van der Waals surface area contributed by atoms with Crippen molar-refractivity contribution in [2.24, 2.45) is 17.6 Å². The number of nitrogens with two attached hydrogens (primary N) is 1. The molecule has 8 rings (SSSR count). The van der Waals surface area contributed by atoms with Crippen LogP contribution in [-0.2, 0) is 14.4 Å². The summed E-state index contributed by atoms with van der Waals surface area (Å²) in [6.45, 7) is 1.64. The Labute approximate surface area is 284 Å². The Morgan fingerprint density at radius 2 is 1.62 bits per heavy atom. The number of phenols is 1. The summed E-state index contributed by atoms with van der Waals surface area (Å²) in [4.78, 5) is 41.9. The maximum Gasteiger partial charge on any atom is 0.255 e. The first-order chi connectivity index (χ1) is 23.8. The summed E-state index contributed by atoms with van der Waals surface area (Å²) in [5, 5.41) is 59.7. The predicted molar refractivity (Wildman–Crippen MR) is 173 cm³/mol. The van der Waals surface area contributed by atoms with Crippen molar-refractivity contribution in [3.05, 3.63) is 70.5 Å². The fourth-order valence-electron chi connectivity index (χ4n) is 8.42. The molecule has 2 heterocycles. The van der Waals surface area contributed by atoms with Crippen LogP contribution < -0.4 is 24.7 Å². The highest BCUT2D eigenvalue weighted by Gasteiger charge is 2.68. The number of hydrogen-bond acceptors (Lipinski definition) is 13. The van der Waals surface area contributed by atoms with Crippen LogP contribution >= 0.6 is 0 Å². The summed E-state index contributed by atoms with van der Waals surface area (Å²) in [6.07, 6.45) is -1.75. The van der Waals surface area contributed by atoms with Crippen LogP contribution in [0.5, 0.6) is 28.7 Å². The Morgan fingerprint density at radius 1 is 0.920 bits per heavy atom. The number of likely N-dealkylation sites (N-methyl/N-ethyl adjacent to an activating group) is 1. The molecule has 14 nitrogen and oxygen atoms in total. The van der Waals surface area contributed by atoms with Crippen molar-refractivity contribution in [1.82, 2.24) is 4.90 Å². The molecule has 6 atom stereocenters. The zero-order valence-electron chi connectivity index (χ0n) is 27.0. The number of fused-ring (bicyclic) bond motifs is 5. The van der Waals surface area contributed by atoms with Crippen LogP contribution in [0.2, 0.25) is 0 Å². The van der Waals surface area contributed by atoms with Crippen molar-refractivity contribution >= 4 is 23.2 Å². The maximum atomic E-state index is 14.6.